The van der Waals surface area contributed by atoms with Crippen molar-refractivity contribution < 1.29 is 32.9 Å². The smallest absolute Gasteiger partial charge is 0.303 e. The number of aliphatic hydroxyl groups is 1. The van der Waals surface area contributed by atoms with Crippen molar-refractivity contribution in [3.05, 3.63) is 69.5 Å². The van der Waals surface area contributed by atoms with Gasteiger partial charge < -0.3 is 19.8 Å². The lowest BCUT2D eigenvalue weighted by Crippen LogP contribution is -2.33. The number of hydrogen-bond acceptors (Lipinski definition) is 4. The van der Waals surface area contributed by atoms with E-state index in [1.54, 1.807) is 19.1 Å². The van der Waals surface area contributed by atoms with Crippen LogP contribution in [0.5, 0.6) is 0 Å². The van der Waals surface area contributed by atoms with Gasteiger partial charge in [0.25, 0.3) is 0 Å². The minimum absolute atomic E-state index is 0.0409. The Kier molecular flexibility index (Phi) is 11.3. The van der Waals surface area contributed by atoms with E-state index in [4.69, 9.17) is 21.4 Å². The zero-order chi connectivity index (χ0) is 25.3. The number of halogens is 4. The number of aryl methyl sites for hydroxylation is 1. The lowest BCUT2D eigenvalue weighted by atomic mass is 9.98. The number of nitrogens with zero attached hydrogens (tertiary/aromatic N) is 1. The molecule has 0 radical (unpaired) electrons. The second-order valence-electron chi connectivity index (χ2n) is 8.40. The highest BCUT2D eigenvalue weighted by atomic mass is 35.5. The minimum Gasteiger partial charge on any atom is -0.481 e. The second kappa shape index (κ2) is 13.7. The van der Waals surface area contributed by atoms with Crippen molar-refractivity contribution in [2.75, 3.05) is 26.2 Å². The van der Waals surface area contributed by atoms with Crippen molar-refractivity contribution in [3.63, 3.8) is 0 Å². The normalized spacial score (nSPS) is 15.5. The van der Waals surface area contributed by atoms with E-state index in [9.17, 15) is 23.1 Å². The number of ether oxygens (including phenoxy) is 1. The number of carboxylic acid groups (broad SMARTS) is 1. The van der Waals surface area contributed by atoms with E-state index in [2.05, 4.69) is 4.90 Å². The number of likely N-dealkylation sites (tertiary alicyclic amines) is 1. The maximum absolute atomic E-state index is 14.0. The van der Waals surface area contributed by atoms with E-state index in [1.807, 2.05) is 6.92 Å². The number of β-amino-alcohol motifs (C(OH)–C–C–N with tert-alkyl or cyclic N) is 1. The molecule has 0 amide bonds. The molecule has 188 valence electrons. The summed E-state index contributed by atoms with van der Waals surface area (Å²) in [6, 6.07) is 6.63. The van der Waals surface area contributed by atoms with Gasteiger partial charge in [-0.25, -0.2) is 13.2 Å². The first-order chi connectivity index (χ1) is 16.1. The molecule has 2 unspecified atom stereocenters. The standard InChI is InChI=1S/C18H25F2NO4.C7H6ClF/c1-12(25-11-14(22)10-21-6-2-3-7-21)16-8-13(19)9-17(20)15(16)4-5-18(23)24;1-5-2-3-6(8)7(9)4-5/h8-9,12,14,22H,2-7,10-11H2,1H3,(H,23,24);2-4H,1H3. The third kappa shape index (κ3) is 9.25. The Balaban J connectivity index is 0.000000379. The highest BCUT2D eigenvalue weighted by Gasteiger charge is 2.20. The van der Waals surface area contributed by atoms with Crippen LogP contribution in [-0.4, -0.2) is 53.4 Å². The lowest BCUT2D eigenvalue weighted by Gasteiger charge is -2.22. The number of carboxylic acids is 1. The van der Waals surface area contributed by atoms with Crippen LogP contribution in [0.25, 0.3) is 0 Å². The second-order valence-corrected chi connectivity index (χ2v) is 8.81. The molecule has 1 heterocycles. The number of benzene rings is 2. The third-order valence-corrected chi connectivity index (χ3v) is 5.81. The Hall–Kier alpha value is -2.13. The third-order valence-electron chi connectivity index (χ3n) is 5.50. The van der Waals surface area contributed by atoms with Gasteiger partial charge in [0.2, 0.25) is 0 Å². The fraction of sp³-hybridized carbons (Fsp3) is 0.480. The summed E-state index contributed by atoms with van der Waals surface area (Å²) in [4.78, 5) is 12.9. The first-order valence-electron chi connectivity index (χ1n) is 11.2. The van der Waals surface area contributed by atoms with Gasteiger partial charge in [0, 0.05) is 19.0 Å². The molecule has 0 bridgehead atoms. The van der Waals surface area contributed by atoms with Gasteiger partial charge in [0.1, 0.15) is 17.5 Å². The van der Waals surface area contributed by atoms with Gasteiger partial charge in [-0.2, -0.15) is 0 Å². The van der Waals surface area contributed by atoms with Gasteiger partial charge in [-0.1, -0.05) is 17.7 Å². The van der Waals surface area contributed by atoms with Crippen molar-refractivity contribution in [2.24, 2.45) is 0 Å². The molecule has 0 aromatic heterocycles. The zero-order valence-corrected chi connectivity index (χ0v) is 20.1. The molecule has 0 saturated carbocycles. The highest BCUT2D eigenvalue weighted by Crippen LogP contribution is 2.26. The van der Waals surface area contributed by atoms with E-state index >= 15 is 0 Å². The van der Waals surface area contributed by atoms with Crippen LogP contribution in [0, 0.1) is 24.4 Å². The number of hydrogen-bond donors (Lipinski definition) is 2. The van der Waals surface area contributed by atoms with E-state index in [0.29, 0.717) is 6.54 Å². The molecule has 2 aromatic carbocycles. The summed E-state index contributed by atoms with van der Waals surface area (Å²) >= 11 is 5.41. The van der Waals surface area contributed by atoms with Crippen LogP contribution < -0.4 is 0 Å². The summed E-state index contributed by atoms with van der Waals surface area (Å²) < 4.78 is 45.7. The molecule has 1 fully saturated rings. The Morgan fingerprint density at radius 2 is 1.82 bits per heavy atom. The van der Waals surface area contributed by atoms with Crippen molar-refractivity contribution >= 4 is 17.6 Å². The predicted octanol–water partition coefficient (Wildman–Crippen LogP) is 5.30. The van der Waals surface area contributed by atoms with Crippen LogP contribution in [0.3, 0.4) is 0 Å². The molecule has 0 spiro atoms. The number of rotatable bonds is 9. The molecule has 3 rings (SSSR count). The molecule has 1 aliphatic heterocycles. The van der Waals surface area contributed by atoms with Crippen LogP contribution in [0.15, 0.2) is 30.3 Å². The Morgan fingerprint density at radius 3 is 2.41 bits per heavy atom. The summed E-state index contributed by atoms with van der Waals surface area (Å²) in [5, 5.41) is 19.0. The maximum Gasteiger partial charge on any atom is 0.303 e. The molecular formula is C25H31ClF3NO4. The molecule has 1 aliphatic rings. The van der Waals surface area contributed by atoms with E-state index in [0.717, 1.165) is 43.6 Å². The fourth-order valence-electron chi connectivity index (χ4n) is 3.74. The van der Waals surface area contributed by atoms with Gasteiger partial charge >= 0.3 is 5.97 Å². The molecule has 2 atom stereocenters. The van der Waals surface area contributed by atoms with Gasteiger partial charge in [0.05, 0.1) is 23.8 Å². The van der Waals surface area contributed by atoms with Crippen LogP contribution in [0.2, 0.25) is 5.02 Å². The average Bonchev–Trinajstić information content (AvgIpc) is 3.27. The largest absolute Gasteiger partial charge is 0.481 e. The lowest BCUT2D eigenvalue weighted by molar-refractivity contribution is -0.136. The summed E-state index contributed by atoms with van der Waals surface area (Å²) in [6.07, 6.45) is 0.628. The van der Waals surface area contributed by atoms with Crippen molar-refractivity contribution in [1.29, 1.82) is 0 Å². The SMILES string of the molecule is CC(OCC(O)CN1CCCC1)c1cc(F)cc(F)c1CCC(=O)O.Cc1ccc(Cl)c(F)c1. The van der Waals surface area contributed by atoms with Crippen LogP contribution in [-0.2, 0) is 16.0 Å². The first-order valence-corrected chi connectivity index (χ1v) is 11.6. The van der Waals surface area contributed by atoms with Crippen LogP contribution >= 0.6 is 11.6 Å². The Labute approximate surface area is 203 Å². The Bertz CT molecular complexity index is 954. The summed E-state index contributed by atoms with van der Waals surface area (Å²) in [5.41, 5.74) is 1.31. The number of aliphatic hydroxyl groups excluding tert-OH is 1. The predicted molar refractivity (Wildman–Crippen MR) is 125 cm³/mol. The van der Waals surface area contributed by atoms with Crippen molar-refractivity contribution in [2.45, 2.75) is 51.7 Å². The van der Waals surface area contributed by atoms with Gasteiger partial charge in [-0.15, -0.1) is 0 Å². The molecule has 2 aromatic rings. The monoisotopic (exact) mass is 501 g/mol. The highest BCUT2D eigenvalue weighted by molar-refractivity contribution is 6.30. The minimum atomic E-state index is -1.05. The van der Waals surface area contributed by atoms with Crippen molar-refractivity contribution in [1.82, 2.24) is 4.90 Å². The summed E-state index contributed by atoms with van der Waals surface area (Å²) in [6.45, 7) is 5.94. The maximum atomic E-state index is 14.0. The van der Waals surface area contributed by atoms with E-state index in [1.165, 1.54) is 6.07 Å². The van der Waals surface area contributed by atoms with E-state index in [-0.39, 0.29) is 41.4 Å². The summed E-state index contributed by atoms with van der Waals surface area (Å²) in [7, 11) is 0. The zero-order valence-electron chi connectivity index (χ0n) is 19.4. The van der Waals surface area contributed by atoms with Crippen molar-refractivity contribution in [3.8, 4) is 0 Å². The summed E-state index contributed by atoms with van der Waals surface area (Å²) in [5.74, 6) is -2.91. The number of aliphatic carboxylic acids is 1. The van der Waals surface area contributed by atoms with Gasteiger partial charge in [0.15, 0.2) is 0 Å². The van der Waals surface area contributed by atoms with Gasteiger partial charge in [-0.3, -0.25) is 4.79 Å². The topological polar surface area (TPSA) is 70.0 Å². The van der Waals surface area contributed by atoms with E-state index < -0.39 is 29.8 Å². The molecule has 34 heavy (non-hydrogen) atoms. The molecule has 0 aliphatic carbocycles. The van der Waals surface area contributed by atoms with Crippen LogP contribution in [0.4, 0.5) is 13.2 Å². The fourth-order valence-corrected chi connectivity index (χ4v) is 3.86. The molecule has 5 nitrogen and oxygen atoms in total. The Morgan fingerprint density at radius 1 is 1.15 bits per heavy atom. The molecule has 1 saturated heterocycles. The van der Waals surface area contributed by atoms with Crippen LogP contribution in [0.1, 0.15) is 49.0 Å². The average molecular weight is 502 g/mol. The molecular weight excluding hydrogens is 471 g/mol. The van der Waals surface area contributed by atoms with Gasteiger partial charge in [-0.05, 0) is 81.1 Å². The molecule has 9 heteroatoms. The molecule has 2 N–H and O–H groups in total. The number of carbonyl (C=O) groups is 1. The first kappa shape index (κ1) is 28.1. The quantitative estimate of drug-likeness (QED) is 0.487.